The Morgan fingerprint density at radius 1 is 1.14 bits per heavy atom. The highest BCUT2D eigenvalue weighted by molar-refractivity contribution is 6.35. The van der Waals surface area contributed by atoms with Crippen molar-refractivity contribution in [2.24, 2.45) is 0 Å². The zero-order valence-corrected chi connectivity index (χ0v) is 15.6. The van der Waals surface area contributed by atoms with E-state index in [-0.39, 0.29) is 29.1 Å². The second-order valence-corrected chi connectivity index (χ2v) is 6.63. The Bertz CT molecular complexity index is 1000. The summed E-state index contributed by atoms with van der Waals surface area (Å²) in [6, 6.07) is 13.4. The van der Waals surface area contributed by atoms with Gasteiger partial charge in [0, 0.05) is 23.7 Å². The van der Waals surface area contributed by atoms with Crippen molar-refractivity contribution in [1.29, 1.82) is 0 Å². The normalized spacial score (nSPS) is 14.1. The van der Waals surface area contributed by atoms with Gasteiger partial charge in [-0.05, 0) is 18.6 Å². The summed E-state index contributed by atoms with van der Waals surface area (Å²) in [7, 11) is 0. The molecule has 0 aliphatic carbocycles. The third kappa shape index (κ3) is 3.36. The Kier molecular flexibility index (Phi) is 5.41. The molecule has 0 saturated heterocycles. The van der Waals surface area contributed by atoms with Crippen molar-refractivity contribution >= 4 is 28.5 Å². The molecule has 0 spiro atoms. The van der Waals surface area contributed by atoms with Crippen molar-refractivity contribution in [3.63, 3.8) is 0 Å². The number of benzene rings is 2. The molecule has 8 heteroatoms. The number of carbonyl (C=O) groups excluding carboxylic acids is 1. The van der Waals surface area contributed by atoms with Crippen LogP contribution in [0, 0.1) is 0 Å². The Morgan fingerprint density at radius 3 is 2.43 bits per heavy atom. The molecule has 148 valence electrons. The van der Waals surface area contributed by atoms with E-state index in [1.54, 1.807) is 12.1 Å². The topological polar surface area (TPSA) is 51.5 Å². The molecule has 1 heterocycles. The van der Waals surface area contributed by atoms with Gasteiger partial charge in [-0.25, -0.2) is 4.79 Å². The molecule has 28 heavy (non-hydrogen) atoms. The average molecular weight is 412 g/mol. The number of hydrogen-bond donors (Lipinski definition) is 1. The van der Waals surface area contributed by atoms with Crippen LogP contribution in [0.1, 0.15) is 18.1 Å². The highest BCUT2D eigenvalue weighted by atomic mass is 35.5. The monoisotopic (exact) mass is 411 g/mol. The maximum absolute atomic E-state index is 13.8. The van der Waals surface area contributed by atoms with Crippen molar-refractivity contribution in [3.8, 4) is 0 Å². The molecule has 0 aliphatic rings. The average Bonchev–Trinajstić information content (AvgIpc) is 3.01. The lowest BCUT2D eigenvalue weighted by Crippen LogP contribution is -2.50. The second-order valence-electron chi connectivity index (χ2n) is 6.22. The van der Waals surface area contributed by atoms with Crippen molar-refractivity contribution in [2.75, 3.05) is 6.61 Å². The van der Waals surface area contributed by atoms with Gasteiger partial charge in [-0.15, -0.1) is 0 Å². The van der Waals surface area contributed by atoms with Crippen LogP contribution in [-0.4, -0.2) is 28.4 Å². The van der Waals surface area contributed by atoms with Crippen LogP contribution in [0.15, 0.2) is 54.7 Å². The lowest BCUT2D eigenvalue weighted by Gasteiger charge is -2.27. The zero-order valence-electron chi connectivity index (χ0n) is 14.8. The molecule has 4 nitrogen and oxygen atoms in total. The van der Waals surface area contributed by atoms with Gasteiger partial charge in [-0.2, -0.15) is 13.2 Å². The van der Waals surface area contributed by atoms with Crippen molar-refractivity contribution < 1.29 is 27.8 Å². The molecule has 3 aromatic rings. The van der Waals surface area contributed by atoms with Gasteiger partial charge in [0.05, 0.1) is 17.1 Å². The number of nitrogens with zero attached hydrogens (tertiary/aromatic N) is 1. The Morgan fingerprint density at radius 2 is 1.82 bits per heavy atom. The molecule has 3 rings (SSSR count). The van der Waals surface area contributed by atoms with E-state index in [1.165, 1.54) is 29.7 Å². The summed E-state index contributed by atoms with van der Waals surface area (Å²) in [4.78, 5) is 12.2. The molecule has 0 radical (unpaired) electrons. The quantitative estimate of drug-likeness (QED) is 0.621. The molecule has 1 aromatic heterocycles. The van der Waals surface area contributed by atoms with E-state index in [0.29, 0.717) is 0 Å². The summed E-state index contributed by atoms with van der Waals surface area (Å²) in [5, 5.41) is 10.8. The number of aliphatic hydroxyl groups is 1. The number of ether oxygens (including phenoxy) is 1. The second kappa shape index (κ2) is 7.48. The fourth-order valence-corrected chi connectivity index (χ4v) is 3.40. The van der Waals surface area contributed by atoms with Gasteiger partial charge in [-0.3, -0.25) is 0 Å². The van der Waals surface area contributed by atoms with E-state index >= 15 is 0 Å². The van der Waals surface area contributed by atoms with Gasteiger partial charge in [0.25, 0.3) is 5.60 Å². The van der Waals surface area contributed by atoms with Crippen LogP contribution in [0.25, 0.3) is 10.9 Å². The number of carbonyl (C=O) groups is 1. The van der Waals surface area contributed by atoms with Gasteiger partial charge in [0.15, 0.2) is 0 Å². The third-order valence-corrected chi connectivity index (χ3v) is 4.72. The van der Waals surface area contributed by atoms with Crippen LogP contribution in [0.4, 0.5) is 13.2 Å². The molecule has 0 aliphatic heterocycles. The lowest BCUT2D eigenvalue weighted by molar-refractivity contribution is -0.267. The number of halogens is 4. The molecular formula is C20H17ClF3NO3. The minimum atomic E-state index is -5.28. The van der Waals surface area contributed by atoms with E-state index in [9.17, 15) is 23.1 Å². The van der Waals surface area contributed by atoms with Gasteiger partial charge in [0.1, 0.15) is 0 Å². The minimum Gasteiger partial charge on any atom is -0.463 e. The Labute approximate surface area is 164 Å². The predicted molar refractivity (Wildman–Crippen MR) is 99.1 cm³/mol. The van der Waals surface area contributed by atoms with Gasteiger partial charge in [-0.1, -0.05) is 54.1 Å². The summed E-state index contributed by atoms with van der Waals surface area (Å²) in [5.41, 5.74) is -3.33. The molecule has 0 saturated carbocycles. The van der Waals surface area contributed by atoms with Crippen molar-refractivity contribution in [1.82, 2.24) is 4.57 Å². The number of aromatic nitrogens is 1. The number of fused-ring (bicyclic) bond motifs is 1. The summed E-state index contributed by atoms with van der Waals surface area (Å²) in [5.74, 6) is -1.78. The Hall–Kier alpha value is -2.51. The first-order valence-electron chi connectivity index (χ1n) is 8.48. The maximum atomic E-state index is 13.8. The fraction of sp³-hybridized carbons (Fsp3) is 0.250. The molecule has 1 unspecified atom stereocenters. The summed E-state index contributed by atoms with van der Waals surface area (Å²) < 4.78 is 47.5. The Balaban J connectivity index is 2.26. The third-order valence-electron chi connectivity index (χ3n) is 4.42. The largest absolute Gasteiger partial charge is 0.463 e. The smallest absolute Gasteiger partial charge is 0.432 e. The van der Waals surface area contributed by atoms with Crippen LogP contribution >= 0.6 is 11.6 Å². The lowest BCUT2D eigenvalue weighted by atomic mass is 9.92. The van der Waals surface area contributed by atoms with Gasteiger partial charge >= 0.3 is 12.1 Å². The number of hydrogen-bond acceptors (Lipinski definition) is 3. The van der Waals surface area contributed by atoms with Crippen LogP contribution in [-0.2, 0) is 21.7 Å². The number of esters is 1. The van der Waals surface area contributed by atoms with Crippen LogP contribution in [0.3, 0.4) is 0 Å². The van der Waals surface area contributed by atoms with E-state index in [2.05, 4.69) is 4.74 Å². The number of rotatable bonds is 5. The summed E-state index contributed by atoms with van der Waals surface area (Å²) in [6.45, 7) is 1.27. The van der Waals surface area contributed by atoms with Crippen molar-refractivity contribution in [3.05, 3.63) is 70.9 Å². The molecule has 0 fully saturated rings. The first-order valence-corrected chi connectivity index (χ1v) is 8.86. The van der Waals surface area contributed by atoms with Gasteiger partial charge in [0.2, 0.25) is 0 Å². The molecule has 0 bridgehead atoms. The molecule has 2 aromatic carbocycles. The van der Waals surface area contributed by atoms with E-state index in [0.717, 1.165) is 11.8 Å². The summed E-state index contributed by atoms with van der Waals surface area (Å²) in [6.07, 6.45) is -4.18. The van der Waals surface area contributed by atoms with E-state index in [1.807, 2.05) is 18.2 Å². The van der Waals surface area contributed by atoms with Crippen LogP contribution in [0.2, 0.25) is 5.02 Å². The number of alkyl halides is 3. The number of para-hydroxylation sites is 1. The molecule has 0 amide bonds. The summed E-state index contributed by atoms with van der Waals surface area (Å²) >= 11 is 6.25. The molecule has 1 atom stereocenters. The van der Waals surface area contributed by atoms with Crippen molar-refractivity contribution in [2.45, 2.75) is 25.2 Å². The van der Waals surface area contributed by atoms with E-state index in [4.69, 9.17) is 11.6 Å². The van der Waals surface area contributed by atoms with Gasteiger partial charge < -0.3 is 14.4 Å². The standard InChI is InChI=1S/C20H17ClF3NO3/c1-2-28-18(26)19(27,20(22,23)24)15-12-25(11-13-7-4-3-5-8-13)17-14(15)9-6-10-16(17)21/h3-10,12,27H,2,11H2,1H3. The first kappa shape index (κ1) is 20.2. The fourth-order valence-electron chi connectivity index (χ4n) is 3.12. The maximum Gasteiger partial charge on any atom is 0.432 e. The highest BCUT2D eigenvalue weighted by Gasteiger charge is 2.63. The SMILES string of the molecule is CCOC(=O)C(O)(c1cn(Cc2ccccc2)c2c(Cl)cccc12)C(F)(F)F. The molecule has 1 N–H and O–H groups in total. The highest BCUT2D eigenvalue weighted by Crippen LogP contribution is 2.44. The van der Waals surface area contributed by atoms with Crippen LogP contribution in [0.5, 0.6) is 0 Å². The first-order chi connectivity index (χ1) is 13.2. The van der Waals surface area contributed by atoms with E-state index < -0.39 is 23.3 Å². The van der Waals surface area contributed by atoms with Crippen LogP contribution < -0.4 is 0 Å². The predicted octanol–water partition coefficient (Wildman–Crippen LogP) is 4.66. The molecular weight excluding hydrogens is 395 g/mol. The zero-order chi connectivity index (χ0) is 20.5. The minimum absolute atomic E-state index is 0.0244.